The maximum atomic E-state index is 12.7. The first-order chi connectivity index (χ1) is 9.88. The summed E-state index contributed by atoms with van der Waals surface area (Å²) < 4.78 is 39.2. The zero-order valence-electron chi connectivity index (χ0n) is 10.7. The second-order valence-electron chi connectivity index (χ2n) is 4.23. The molecule has 0 aliphatic rings. The third-order valence-corrected chi connectivity index (χ3v) is 2.68. The Kier molecular flexibility index (Phi) is 4.03. The summed E-state index contributed by atoms with van der Waals surface area (Å²) in [6.07, 6.45) is -3.01. The molecule has 0 saturated carbocycles. The van der Waals surface area contributed by atoms with Crippen LogP contribution in [-0.4, -0.2) is 15.6 Å². The Morgan fingerprint density at radius 3 is 2.38 bits per heavy atom. The van der Waals surface area contributed by atoms with Crippen LogP contribution in [0.1, 0.15) is 21.5 Å². The molecule has 0 amide bonds. The smallest absolute Gasteiger partial charge is 0.418 e. The fourth-order valence-electron chi connectivity index (χ4n) is 1.75. The summed E-state index contributed by atoms with van der Waals surface area (Å²) in [5.41, 5.74) is -1.21. The molecule has 6 heteroatoms. The summed E-state index contributed by atoms with van der Waals surface area (Å²) in [6, 6.07) is 8.96. The Balaban J connectivity index is 2.23. The minimum Gasteiger partial charge on any atom is -0.478 e. The lowest BCUT2D eigenvalue weighted by Crippen LogP contribution is -2.09. The Morgan fingerprint density at radius 2 is 1.86 bits per heavy atom. The SMILES string of the molecule is O=C(O)c1cn(CC#Cc2ccccc2)cc1C(F)(F)F. The van der Waals surface area contributed by atoms with Crippen LogP contribution >= 0.6 is 0 Å². The van der Waals surface area contributed by atoms with Crippen LogP contribution in [-0.2, 0) is 12.7 Å². The van der Waals surface area contributed by atoms with Crippen LogP contribution in [0.5, 0.6) is 0 Å². The highest BCUT2D eigenvalue weighted by atomic mass is 19.4. The molecule has 2 rings (SSSR count). The van der Waals surface area contributed by atoms with Gasteiger partial charge in [-0.15, -0.1) is 0 Å². The van der Waals surface area contributed by atoms with Crippen LogP contribution < -0.4 is 0 Å². The molecular formula is C15H10F3NO2. The first-order valence-electron chi connectivity index (χ1n) is 5.92. The van der Waals surface area contributed by atoms with E-state index in [1.807, 2.05) is 6.07 Å². The van der Waals surface area contributed by atoms with Gasteiger partial charge in [-0.1, -0.05) is 30.0 Å². The van der Waals surface area contributed by atoms with Crippen molar-refractivity contribution in [1.29, 1.82) is 0 Å². The normalized spacial score (nSPS) is 10.8. The number of alkyl halides is 3. The Bertz CT molecular complexity index is 706. The summed E-state index contributed by atoms with van der Waals surface area (Å²) in [4.78, 5) is 10.8. The van der Waals surface area contributed by atoms with Crippen molar-refractivity contribution in [2.75, 3.05) is 0 Å². The van der Waals surface area contributed by atoms with Gasteiger partial charge in [-0.3, -0.25) is 0 Å². The number of nitrogens with zero attached hydrogens (tertiary/aromatic N) is 1. The van der Waals surface area contributed by atoms with Crippen molar-refractivity contribution >= 4 is 5.97 Å². The average molecular weight is 293 g/mol. The van der Waals surface area contributed by atoms with Crippen LogP contribution in [0.25, 0.3) is 0 Å². The highest BCUT2D eigenvalue weighted by Crippen LogP contribution is 2.32. The number of hydrogen-bond donors (Lipinski definition) is 1. The summed E-state index contributed by atoms with van der Waals surface area (Å²) in [5.74, 6) is 3.88. The number of carboxylic acid groups (broad SMARTS) is 1. The van der Waals surface area contributed by atoms with Gasteiger partial charge in [-0.2, -0.15) is 13.2 Å². The van der Waals surface area contributed by atoms with E-state index in [2.05, 4.69) is 11.8 Å². The predicted molar refractivity (Wildman–Crippen MR) is 69.7 cm³/mol. The molecule has 3 nitrogen and oxygen atoms in total. The Morgan fingerprint density at radius 1 is 1.19 bits per heavy atom. The van der Waals surface area contributed by atoms with E-state index in [1.54, 1.807) is 24.3 Å². The second kappa shape index (κ2) is 5.75. The van der Waals surface area contributed by atoms with E-state index in [9.17, 15) is 18.0 Å². The molecule has 0 saturated heterocycles. The van der Waals surface area contributed by atoms with Crippen molar-refractivity contribution in [3.8, 4) is 11.8 Å². The monoisotopic (exact) mass is 293 g/mol. The van der Waals surface area contributed by atoms with Crippen LogP contribution in [0.4, 0.5) is 13.2 Å². The van der Waals surface area contributed by atoms with Crippen LogP contribution in [0.15, 0.2) is 42.7 Å². The Labute approximate surface area is 118 Å². The van der Waals surface area contributed by atoms with Gasteiger partial charge in [-0.25, -0.2) is 4.79 Å². The van der Waals surface area contributed by atoms with Crippen LogP contribution in [0.2, 0.25) is 0 Å². The maximum Gasteiger partial charge on any atom is 0.418 e. The number of aromatic carboxylic acids is 1. The third-order valence-electron chi connectivity index (χ3n) is 2.68. The topological polar surface area (TPSA) is 42.2 Å². The number of carboxylic acids is 1. The largest absolute Gasteiger partial charge is 0.478 e. The summed E-state index contributed by atoms with van der Waals surface area (Å²) >= 11 is 0. The van der Waals surface area contributed by atoms with Gasteiger partial charge >= 0.3 is 12.1 Å². The van der Waals surface area contributed by atoms with Gasteiger partial charge in [-0.05, 0) is 12.1 Å². The van der Waals surface area contributed by atoms with Crippen molar-refractivity contribution in [3.05, 3.63) is 59.4 Å². The molecule has 0 aliphatic heterocycles. The fourth-order valence-corrected chi connectivity index (χ4v) is 1.75. The number of benzene rings is 1. The zero-order chi connectivity index (χ0) is 15.5. The lowest BCUT2D eigenvalue weighted by Gasteiger charge is -2.04. The molecule has 0 radical (unpaired) electrons. The second-order valence-corrected chi connectivity index (χ2v) is 4.23. The number of carbonyl (C=O) groups is 1. The number of aromatic nitrogens is 1. The fraction of sp³-hybridized carbons (Fsp3) is 0.133. The van der Waals surface area contributed by atoms with Crippen molar-refractivity contribution in [3.63, 3.8) is 0 Å². The van der Waals surface area contributed by atoms with Crippen molar-refractivity contribution in [1.82, 2.24) is 4.57 Å². The van der Waals surface area contributed by atoms with Crippen LogP contribution in [0, 0.1) is 11.8 Å². The molecule has 0 spiro atoms. The average Bonchev–Trinajstić information content (AvgIpc) is 2.84. The molecular weight excluding hydrogens is 283 g/mol. The first-order valence-corrected chi connectivity index (χ1v) is 5.92. The molecule has 0 atom stereocenters. The van der Waals surface area contributed by atoms with Gasteiger partial charge in [0.15, 0.2) is 0 Å². The molecule has 21 heavy (non-hydrogen) atoms. The zero-order valence-corrected chi connectivity index (χ0v) is 10.7. The van der Waals surface area contributed by atoms with E-state index in [4.69, 9.17) is 5.11 Å². The number of rotatable bonds is 2. The van der Waals surface area contributed by atoms with Gasteiger partial charge < -0.3 is 9.67 Å². The third kappa shape index (κ3) is 3.66. The van der Waals surface area contributed by atoms with E-state index in [1.165, 1.54) is 0 Å². The molecule has 0 fully saturated rings. The molecule has 1 heterocycles. The summed E-state index contributed by atoms with van der Waals surface area (Å²) in [6.45, 7) is -0.0226. The van der Waals surface area contributed by atoms with Crippen LogP contribution in [0.3, 0.4) is 0 Å². The van der Waals surface area contributed by atoms with Gasteiger partial charge in [0.05, 0.1) is 17.7 Å². The van der Waals surface area contributed by atoms with Crippen molar-refractivity contribution in [2.24, 2.45) is 0 Å². The number of hydrogen-bond acceptors (Lipinski definition) is 1. The number of halogens is 3. The molecule has 1 aromatic heterocycles. The highest BCUT2D eigenvalue weighted by molar-refractivity contribution is 5.89. The summed E-state index contributed by atoms with van der Waals surface area (Å²) in [7, 11) is 0. The van der Waals surface area contributed by atoms with Gasteiger partial charge in [0.2, 0.25) is 0 Å². The maximum absolute atomic E-state index is 12.7. The molecule has 1 N–H and O–H groups in total. The van der Waals surface area contributed by atoms with E-state index in [0.29, 0.717) is 0 Å². The molecule has 1 aromatic carbocycles. The van der Waals surface area contributed by atoms with E-state index >= 15 is 0 Å². The molecule has 0 aliphatic carbocycles. The minimum atomic E-state index is -4.70. The predicted octanol–water partition coefficient (Wildman–Crippen LogP) is 3.26. The first kappa shape index (κ1) is 14.7. The van der Waals surface area contributed by atoms with E-state index in [-0.39, 0.29) is 6.54 Å². The Hall–Kier alpha value is -2.68. The quantitative estimate of drug-likeness (QED) is 0.864. The summed E-state index contributed by atoms with van der Waals surface area (Å²) in [5, 5.41) is 8.80. The lowest BCUT2D eigenvalue weighted by atomic mass is 10.2. The van der Waals surface area contributed by atoms with Gasteiger partial charge in [0, 0.05) is 18.0 Å². The van der Waals surface area contributed by atoms with Crippen molar-refractivity contribution < 1.29 is 23.1 Å². The lowest BCUT2D eigenvalue weighted by molar-refractivity contribution is -0.138. The molecule has 2 aromatic rings. The molecule has 0 unspecified atom stereocenters. The molecule has 0 bridgehead atoms. The molecule has 108 valence electrons. The van der Waals surface area contributed by atoms with E-state index in [0.717, 1.165) is 22.5 Å². The highest BCUT2D eigenvalue weighted by Gasteiger charge is 2.36. The van der Waals surface area contributed by atoms with E-state index < -0.39 is 23.3 Å². The minimum absolute atomic E-state index is 0.0226. The van der Waals surface area contributed by atoms with Gasteiger partial charge in [0.1, 0.15) is 0 Å². The standard InChI is InChI=1S/C15H10F3NO2/c16-15(17,18)13-10-19(9-12(13)14(20)21)8-4-7-11-5-2-1-3-6-11/h1-3,5-6,9-10H,8H2,(H,20,21). The van der Waals surface area contributed by atoms with Crippen molar-refractivity contribution in [2.45, 2.75) is 12.7 Å². The van der Waals surface area contributed by atoms with Gasteiger partial charge in [0.25, 0.3) is 0 Å².